The molecule has 5 N–H and O–H groups in total. The Morgan fingerprint density at radius 3 is 2.64 bits per heavy atom. The average molecular weight is 478 g/mol. The predicted molar refractivity (Wildman–Crippen MR) is 120 cm³/mol. The third-order valence-corrected chi connectivity index (χ3v) is 8.55. The van der Waals surface area contributed by atoms with E-state index in [-0.39, 0.29) is 39.8 Å². The van der Waals surface area contributed by atoms with Crippen molar-refractivity contribution in [3.05, 3.63) is 29.8 Å². The topological polar surface area (TPSA) is 156 Å². The van der Waals surface area contributed by atoms with Crippen LogP contribution < -0.4 is 10.6 Å². The molecule has 8 atom stereocenters. The van der Waals surface area contributed by atoms with Gasteiger partial charge in [0.05, 0.1) is 29.7 Å². The van der Waals surface area contributed by atoms with Gasteiger partial charge in [-0.2, -0.15) is 11.8 Å². The summed E-state index contributed by atoms with van der Waals surface area (Å²) in [7, 11) is 0. The minimum absolute atomic E-state index is 0.0285. The Balaban J connectivity index is 1.40. The fourth-order valence-corrected chi connectivity index (χ4v) is 6.98. The lowest BCUT2D eigenvalue weighted by Gasteiger charge is -2.47. The number of fused-ring (bicyclic) bond motifs is 1. The first-order chi connectivity index (χ1) is 15.6. The van der Waals surface area contributed by atoms with Gasteiger partial charge in [0.25, 0.3) is 0 Å². The van der Waals surface area contributed by atoms with Crippen molar-refractivity contribution in [2.24, 2.45) is 11.8 Å². The van der Waals surface area contributed by atoms with Gasteiger partial charge in [0.1, 0.15) is 6.04 Å². The van der Waals surface area contributed by atoms with E-state index in [0.717, 1.165) is 0 Å². The zero-order chi connectivity index (χ0) is 24.0. The highest BCUT2D eigenvalue weighted by molar-refractivity contribution is 8.00. The van der Waals surface area contributed by atoms with Gasteiger partial charge in [-0.05, 0) is 37.5 Å². The van der Waals surface area contributed by atoms with Crippen LogP contribution in [-0.4, -0.2) is 85.2 Å². The zero-order valence-corrected chi connectivity index (χ0v) is 19.0. The Morgan fingerprint density at radius 2 is 2.00 bits per heavy atom. The maximum atomic E-state index is 12.7. The van der Waals surface area contributed by atoms with E-state index < -0.39 is 36.0 Å². The van der Waals surface area contributed by atoms with Gasteiger partial charge in [-0.3, -0.25) is 9.59 Å². The maximum Gasteiger partial charge on any atom is 0.335 e. The number of thioether (sulfide) groups is 1. The van der Waals surface area contributed by atoms with Crippen molar-refractivity contribution in [2.45, 2.75) is 55.0 Å². The number of anilines is 1. The second-order valence-electron chi connectivity index (χ2n) is 8.94. The van der Waals surface area contributed by atoms with Crippen molar-refractivity contribution >= 4 is 41.2 Å². The van der Waals surface area contributed by atoms with Gasteiger partial charge in [-0.25, -0.2) is 9.59 Å². The Morgan fingerprint density at radius 1 is 1.27 bits per heavy atom. The van der Waals surface area contributed by atoms with E-state index in [2.05, 4.69) is 10.6 Å². The van der Waals surface area contributed by atoms with Crippen LogP contribution in [0.25, 0.3) is 0 Å². The number of carboxylic acid groups (broad SMARTS) is 2. The van der Waals surface area contributed by atoms with Crippen LogP contribution in [0.2, 0.25) is 0 Å². The number of hydrogen-bond donors (Lipinski definition) is 5. The highest BCUT2D eigenvalue weighted by Gasteiger charge is 2.64. The average Bonchev–Trinajstić information content (AvgIpc) is 3.30. The van der Waals surface area contributed by atoms with Crippen molar-refractivity contribution in [3.8, 4) is 0 Å². The number of carbonyl (C=O) groups is 4. The summed E-state index contributed by atoms with van der Waals surface area (Å²) >= 11 is 1.48. The minimum Gasteiger partial charge on any atom is -0.480 e. The number of aliphatic hydroxyl groups excluding tert-OH is 1. The van der Waals surface area contributed by atoms with Crippen LogP contribution in [-0.2, 0) is 14.4 Å². The van der Waals surface area contributed by atoms with Gasteiger partial charge in [-0.1, -0.05) is 13.0 Å². The van der Waals surface area contributed by atoms with Crippen LogP contribution in [0, 0.1) is 11.8 Å². The summed E-state index contributed by atoms with van der Waals surface area (Å²) in [6.45, 7) is 3.98. The minimum atomic E-state index is -1.08. The van der Waals surface area contributed by atoms with Crippen LogP contribution in [0.5, 0.6) is 0 Å². The smallest absolute Gasteiger partial charge is 0.335 e. The third-order valence-electron chi connectivity index (χ3n) is 6.80. The molecule has 3 saturated heterocycles. The van der Waals surface area contributed by atoms with Crippen LogP contribution in [0.3, 0.4) is 0 Å². The monoisotopic (exact) mass is 477 g/mol. The molecule has 1 aromatic rings. The molecule has 0 aliphatic carbocycles. The van der Waals surface area contributed by atoms with Gasteiger partial charge in [0.2, 0.25) is 11.8 Å². The number of carbonyl (C=O) groups excluding carboxylic acids is 2. The standard InChI is InChI=1S/C22H27N3O7S/c1-9-16-15(10(2)26)20(28)25(16)17(22(31)32)18(9)33-13-7-14(23-8-13)19(27)24-12-5-3-4-11(6-12)21(29)30/h3-6,9-10,13-18,23,26H,7-8H2,1-2H3,(H,24,27)(H,29,30)(H,31,32)/t9-,10-,13+,14+,15-,16-,17?,18?/m1/s1. The van der Waals surface area contributed by atoms with Crippen molar-refractivity contribution in [1.29, 1.82) is 0 Å². The molecule has 0 saturated carbocycles. The molecule has 2 unspecified atom stereocenters. The first-order valence-electron chi connectivity index (χ1n) is 10.9. The van der Waals surface area contributed by atoms with Crippen LogP contribution in [0.4, 0.5) is 5.69 Å². The number of aliphatic hydroxyl groups is 1. The third kappa shape index (κ3) is 4.20. The zero-order valence-electron chi connectivity index (χ0n) is 18.2. The molecular formula is C22H27N3O7S. The molecule has 4 rings (SSSR count). The van der Waals surface area contributed by atoms with Gasteiger partial charge >= 0.3 is 11.9 Å². The van der Waals surface area contributed by atoms with Crippen molar-refractivity contribution < 1.29 is 34.5 Å². The summed E-state index contributed by atoms with van der Waals surface area (Å²) in [5.74, 6) is -3.43. The molecule has 2 amide bonds. The molecule has 10 nitrogen and oxygen atoms in total. The fraction of sp³-hybridized carbons (Fsp3) is 0.545. The van der Waals surface area contributed by atoms with E-state index in [9.17, 15) is 29.4 Å². The number of amides is 2. The first kappa shape index (κ1) is 23.5. The molecule has 3 aliphatic rings. The molecule has 0 spiro atoms. The Bertz CT molecular complexity index is 986. The summed E-state index contributed by atoms with van der Waals surface area (Å²) < 4.78 is 0. The lowest BCUT2D eigenvalue weighted by molar-refractivity contribution is -0.170. The number of hydrogen-bond acceptors (Lipinski definition) is 7. The summed E-state index contributed by atoms with van der Waals surface area (Å²) in [6, 6.07) is 4.24. The number of carboxylic acids is 2. The lowest BCUT2D eigenvalue weighted by atomic mass is 9.79. The number of aromatic carboxylic acids is 1. The highest BCUT2D eigenvalue weighted by Crippen LogP contribution is 2.50. The normalized spacial score (nSPS) is 33.8. The van der Waals surface area contributed by atoms with E-state index in [4.69, 9.17) is 5.11 Å². The van der Waals surface area contributed by atoms with E-state index in [1.54, 1.807) is 19.1 Å². The van der Waals surface area contributed by atoms with Crippen LogP contribution in [0.1, 0.15) is 30.6 Å². The summed E-state index contributed by atoms with van der Waals surface area (Å²) in [4.78, 5) is 49.7. The Kier molecular flexibility index (Phi) is 6.39. The first-order valence-corrected chi connectivity index (χ1v) is 11.8. The van der Waals surface area contributed by atoms with E-state index in [1.807, 2.05) is 6.92 Å². The molecule has 3 heterocycles. The van der Waals surface area contributed by atoms with Crippen LogP contribution >= 0.6 is 11.8 Å². The molecule has 33 heavy (non-hydrogen) atoms. The molecule has 3 fully saturated rings. The molecule has 0 aromatic heterocycles. The quantitative estimate of drug-likeness (QED) is 0.352. The second kappa shape index (κ2) is 8.96. The second-order valence-corrected chi connectivity index (χ2v) is 10.4. The van der Waals surface area contributed by atoms with E-state index in [0.29, 0.717) is 18.7 Å². The van der Waals surface area contributed by atoms with E-state index in [1.165, 1.54) is 28.8 Å². The van der Waals surface area contributed by atoms with Gasteiger partial charge < -0.3 is 30.9 Å². The number of β-lactam (4-membered cyclic amide) rings is 1. The summed E-state index contributed by atoms with van der Waals surface area (Å²) in [6.07, 6.45) is -0.358. The number of benzene rings is 1. The molecule has 11 heteroatoms. The summed E-state index contributed by atoms with van der Waals surface area (Å²) in [5, 5.41) is 34.4. The Labute approximate surface area is 194 Å². The molecule has 0 bridgehead atoms. The fourth-order valence-electron chi connectivity index (χ4n) is 5.24. The van der Waals surface area contributed by atoms with Crippen LogP contribution in [0.15, 0.2) is 24.3 Å². The SMILES string of the molecule is C[C@@H](O)[C@H]1C(=O)N2C(C(=O)O)C(S[C@@H]3CN[C@H](C(=O)Nc4cccc(C(=O)O)c4)C3)[C@H](C)[C@H]12. The number of aliphatic carboxylic acids is 1. The summed E-state index contributed by atoms with van der Waals surface area (Å²) in [5.41, 5.74) is 0.463. The van der Waals surface area contributed by atoms with Gasteiger partial charge in [-0.15, -0.1) is 0 Å². The number of nitrogens with one attached hydrogen (secondary N) is 2. The van der Waals surface area contributed by atoms with Crippen molar-refractivity contribution in [1.82, 2.24) is 10.2 Å². The Hall–Kier alpha value is -2.63. The molecule has 0 radical (unpaired) electrons. The van der Waals surface area contributed by atoms with Crippen molar-refractivity contribution in [2.75, 3.05) is 11.9 Å². The van der Waals surface area contributed by atoms with Crippen molar-refractivity contribution in [3.63, 3.8) is 0 Å². The molecular weight excluding hydrogens is 450 g/mol. The largest absolute Gasteiger partial charge is 0.480 e. The number of rotatable bonds is 7. The van der Waals surface area contributed by atoms with Gasteiger partial charge in [0.15, 0.2) is 0 Å². The highest BCUT2D eigenvalue weighted by atomic mass is 32.2. The number of nitrogens with zero attached hydrogens (tertiary/aromatic N) is 1. The molecule has 1 aromatic carbocycles. The van der Waals surface area contributed by atoms with Gasteiger partial charge in [0, 0.05) is 22.7 Å². The lowest BCUT2D eigenvalue weighted by Crippen LogP contribution is -2.65. The predicted octanol–water partition coefficient (Wildman–Crippen LogP) is 0.466. The molecule has 178 valence electrons. The molecule has 3 aliphatic heterocycles. The maximum absolute atomic E-state index is 12.7. The van der Waals surface area contributed by atoms with E-state index >= 15 is 0 Å².